The van der Waals surface area contributed by atoms with Gasteiger partial charge in [0.05, 0.1) is 32.3 Å². The number of esters is 2. The molecule has 0 spiro atoms. The maximum absolute atomic E-state index is 12.6. The van der Waals surface area contributed by atoms with Crippen molar-refractivity contribution in [1.82, 2.24) is 4.98 Å². The monoisotopic (exact) mass is 395 g/mol. The molecule has 138 valence electrons. The number of H-pyrrole nitrogens is 1. The highest BCUT2D eigenvalue weighted by Crippen LogP contribution is 2.49. The second-order valence-electron chi connectivity index (χ2n) is 5.57. The molecule has 0 aliphatic carbocycles. The Labute approximate surface area is 157 Å². The molecule has 1 aliphatic heterocycles. The summed E-state index contributed by atoms with van der Waals surface area (Å²) in [4.78, 5) is 40.0. The number of carbonyl (C=O) groups is 2. The highest BCUT2D eigenvalue weighted by molar-refractivity contribution is 8.00. The fourth-order valence-electron chi connectivity index (χ4n) is 3.03. The lowest BCUT2D eigenvalue weighted by atomic mass is 9.82. The predicted molar refractivity (Wildman–Crippen MR) is 96.9 cm³/mol. The fourth-order valence-corrected chi connectivity index (χ4v) is 5.53. The van der Waals surface area contributed by atoms with Gasteiger partial charge in [0.1, 0.15) is 11.0 Å². The van der Waals surface area contributed by atoms with Gasteiger partial charge in [-0.1, -0.05) is 35.2 Å². The number of ether oxygens (including phenoxy) is 3. The van der Waals surface area contributed by atoms with E-state index in [1.54, 1.807) is 19.2 Å². The van der Waals surface area contributed by atoms with Crippen LogP contribution in [0.15, 0.2) is 34.1 Å². The first-order valence-corrected chi connectivity index (χ1v) is 9.39. The molecule has 2 heterocycles. The number of nitrogens with one attached hydrogen (secondary N) is 1. The van der Waals surface area contributed by atoms with Gasteiger partial charge in [0.25, 0.3) is 0 Å². The Bertz CT molecular complexity index is 872. The summed E-state index contributed by atoms with van der Waals surface area (Å²) in [5, 5.41) is -0.242. The molecule has 1 aromatic carbocycles. The van der Waals surface area contributed by atoms with Crippen molar-refractivity contribution in [3.05, 3.63) is 44.4 Å². The van der Waals surface area contributed by atoms with Crippen LogP contribution >= 0.6 is 23.1 Å². The molecule has 0 fully saturated rings. The van der Waals surface area contributed by atoms with Crippen molar-refractivity contribution in [2.75, 3.05) is 21.3 Å². The van der Waals surface area contributed by atoms with Crippen LogP contribution in [-0.4, -0.2) is 43.5 Å². The van der Waals surface area contributed by atoms with E-state index < -0.39 is 29.0 Å². The van der Waals surface area contributed by atoms with Crippen molar-refractivity contribution in [3.63, 3.8) is 0 Å². The van der Waals surface area contributed by atoms with Crippen molar-refractivity contribution in [2.24, 2.45) is 5.92 Å². The van der Waals surface area contributed by atoms with E-state index in [4.69, 9.17) is 14.2 Å². The van der Waals surface area contributed by atoms with Crippen LogP contribution in [0.3, 0.4) is 0 Å². The summed E-state index contributed by atoms with van der Waals surface area (Å²) in [6.07, 6.45) is 0. The lowest BCUT2D eigenvalue weighted by Gasteiger charge is -2.34. The Balaban J connectivity index is 2.17. The molecule has 7 nitrogen and oxygen atoms in total. The average molecular weight is 395 g/mol. The number of benzene rings is 1. The predicted octanol–water partition coefficient (Wildman–Crippen LogP) is 2.01. The molecule has 0 saturated heterocycles. The Hall–Kier alpha value is -2.26. The zero-order valence-electron chi connectivity index (χ0n) is 14.3. The molecule has 1 N–H and O–H groups in total. The third-order valence-corrected chi connectivity index (χ3v) is 6.63. The fraction of sp³-hybridized carbons (Fsp3) is 0.353. The standard InChI is InChI=1S/C17H17NO6S2/c1-22-9-6-4-8(5-7-9)10-11(15(19)23-2)13(16(20)24-3)25-14-12(10)26-17(21)18-14/h4-7,10-11,13H,1-3H3,(H,18,21)/t10-,11+,13+/m0/s1. The Morgan fingerprint density at radius 1 is 1.04 bits per heavy atom. The van der Waals surface area contributed by atoms with Crippen molar-refractivity contribution >= 4 is 35.0 Å². The van der Waals surface area contributed by atoms with Crippen LogP contribution in [0.25, 0.3) is 0 Å². The van der Waals surface area contributed by atoms with E-state index in [2.05, 4.69) is 4.98 Å². The molecule has 3 atom stereocenters. The minimum atomic E-state index is -0.822. The first kappa shape index (κ1) is 18.5. The van der Waals surface area contributed by atoms with Gasteiger partial charge in [-0.3, -0.25) is 14.4 Å². The van der Waals surface area contributed by atoms with Gasteiger partial charge in [0.2, 0.25) is 0 Å². The number of methoxy groups -OCH3 is 3. The molecule has 0 saturated carbocycles. The van der Waals surface area contributed by atoms with E-state index in [0.29, 0.717) is 15.7 Å². The van der Waals surface area contributed by atoms with Crippen molar-refractivity contribution < 1.29 is 23.8 Å². The van der Waals surface area contributed by atoms with Crippen molar-refractivity contribution in [1.29, 1.82) is 0 Å². The second kappa shape index (κ2) is 7.55. The number of carbonyl (C=O) groups excluding carboxylic acids is 2. The van der Waals surface area contributed by atoms with Gasteiger partial charge in [-0.2, -0.15) is 0 Å². The Morgan fingerprint density at radius 3 is 2.27 bits per heavy atom. The summed E-state index contributed by atoms with van der Waals surface area (Å²) in [6.45, 7) is 0. The number of aromatic amines is 1. The van der Waals surface area contributed by atoms with Gasteiger partial charge < -0.3 is 19.2 Å². The smallest absolute Gasteiger partial charge is 0.320 e. The maximum Gasteiger partial charge on any atom is 0.320 e. The van der Waals surface area contributed by atoms with E-state index in [1.165, 1.54) is 14.2 Å². The Kier molecular flexibility index (Phi) is 5.38. The third-order valence-electron chi connectivity index (χ3n) is 4.24. The van der Waals surface area contributed by atoms with Crippen LogP contribution < -0.4 is 9.61 Å². The summed E-state index contributed by atoms with van der Waals surface area (Å²) >= 11 is 2.16. The van der Waals surface area contributed by atoms with Crippen LogP contribution in [0.4, 0.5) is 0 Å². The first-order chi connectivity index (χ1) is 12.5. The van der Waals surface area contributed by atoms with E-state index in [-0.39, 0.29) is 4.87 Å². The largest absolute Gasteiger partial charge is 0.497 e. The summed E-state index contributed by atoms with van der Waals surface area (Å²) in [6, 6.07) is 7.18. The number of hydrogen-bond donors (Lipinski definition) is 1. The summed E-state index contributed by atoms with van der Waals surface area (Å²) in [5.41, 5.74) is 0.784. The van der Waals surface area contributed by atoms with Crippen molar-refractivity contribution in [2.45, 2.75) is 16.2 Å². The summed E-state index contributed by atoms with van der Waals surface area (Å²) in [7, 11) is 4.11. The molecule has 0 unspecified atom stereocenters. The molecule has 9 heteroatoms. The van der Waals surface area contributed by atoms with Crippen LogP contribution in [-0.2, 0) is 19.1 Å². The molecule has 26 heavy (non-hydrogen) atoms. The third kappa shape index (κ3) is 3.24. The van der Waals surface area contributed by atoms with Gasteiger partial charge in [-0.15, -0.1) is 0 Å². The van der Waals surface area contributed by atoms with E-state index in [0.717, 1.165) is 28.7 Å². The zero-order valence-corrected chi connectivity index (χ0v) is 15.9. The van der Waals surface area contributed by atoms with E-state index in [9.17, 15) is 14.4 Å². The molecular weight excluding hydrogens is 378 g/mol. The molecule has 0 bridgehead atoms. The highest BCUT2D eigenvalue weighted by Gasteiger charge is 2.48. The van der Waals surface area contributed by atoms with Crippen LogP contribution in [0.5, 0.6) is 5.75 Å². The zero-order chi connectivity index (χ0) is 18.8. The van der Waals surface area contributed by atoms with Gasteiger partial charge in [-0.05, 0) is 17.7 Å². The number of aromatic nitrogens is 1. The normalized spacial score (nSPS) is 21.6. The first-order valence-electron chi connectivity index (χ1n) is 7.69. The molecular formula is C17H17NO6S2. The lowest BCUT2D eigenvalue weighted by Crippen LogP contribution is -2.40. The van der Waals surface area contributed by atoms with E-state index in [1.807, 2.05) is 12.1 Å². The van der Waals surface area contributed by atoms with Gasteiger partial charge in [-0.25, -0.2) is 0 Å². The molecule has 3 rings (SSSR count). The number of rotatable bonds is 4. The Morgan fingerprint density at radius 2 is 1.69 bits per heavy atom. The maximum atomic E-state index is 12.6. The molecule has 1 aromatic heterocycles. The minimum absolute atomic E-state index is 0.241. The second-order valence-corrected chi connectivity index (χ2v) is 7.74. The van der Waals surface area contributed by atoms with Crippen LogP contribution in [0, 0.1) is 5.92 Å². The number of fused-ring (bicyclic) bond motifs is 1. The van der Waals surface area contributed by atoms with Crippen molar-refractivity contribution in [3.8, 4) is 5.75 Å². The summed E-state index contributed by atoms with van der Waals surface area (Å²) < 4.78 is 15.0. The topological polar surface area (TPSA) is 94.7 Å². The molecule has 0 radical (unpaired) electrons. The molecule has 0 amide bonds. The number of hydrogen-bond acceptors (Lipinski definition) is 8. The average Bonchev–Trinajstić information content (AvgIpc) is 3.05. The molecule has 2 aromatic rings. The quantitative estimate of drug-likeness (QED) is 0.792. The van der Waals surface area contributed by atoms with Crippen LogP contribution in [0.2, 0.25) is 0 Å². The summed E-state index contributed by atoms with van der Waals surface area (Å²) in [5.74, 6) is -1.72. The molecule has 1 aliphatic rings. The highest BCUT2D eigenvalue weighted by atomic mass is 32.2. The van der Waals surface area contributed by atoms with Gasteiger partial charge in [0, 0.05) is 10.8 Å². The number of thiazole rings is 1. The van der Waals surface area contributed by atoms with Gasteiger partial charge in [0.15, 0.2) is 0 Å². The number of thioether (sulfide) groups is 1. The minimum Gasteiger partial charge on any atom is -0.497 e. The van der Waals surface area contributed by atoms with Crippen LogP contribution in [0.1, 0.15) is 16.4 Å². The SMILES string of the molecule is COC(=O)[C@@H]1[C@H](c2ccc(OC)cc2)c2sc(=O)[nH]c2S[C@H]1C(=O)OC. The van der Waals surface area contributed by atoms with Gasteiger partial charge >= 0.3 is 16.8 Å². The van der Waals surface area contributed by atoms with E-state index >= 15 is 0 Å². The lowest BCUT2D eigenvalue weighted by molar-refractivity contribution is -0.151.